The summed E-state index contributed by atoms with van der Waals surface area (Å²) in [5, 5.41) is 10.9. The maximum atomic E-state index is 10.5. The number of nitrogens with one attached hydrogen (secondary N) is 1. The maximum Gasteiger partial charge on any atom is 0.303 e. The first-order valence-electron chi connectivity index (χ1n) is 3.17. The minimum absolute atomic E-state index is 0.00463. The normalized spacial score (nSPS) is 24.4. The summed E-state index contributed by atoms with van der Waals surface area (Å²) < 4.78 is 0. The molecule has 1 fully saturated rings. The van der Waals surface area contributed by atoms with Crippen molar-refractivity contribution in [2.75, 3.05) is 6.54 Å². The van der Waals surface area contributed by atoms with Crippen LogP contribution in [0.1, 0.15) is 12.8 Å². The number of aliphatic carboxylic acids is 1. The van der Waals surface area contributed by atoms with E-state index < -0.39 is 5.97 Å². The second kappa shape index (κ2) is 2.68. The fourth-order valence-electron chi connectivity index (χ4n) is 1.06. The smallest absolute Gasteiger partial charge is 0.303 e. The molecule has 1 rings (SSSR count). The van der Waals surface area contributed by atoms with Gasteiger partial charge in [0.15, 0.2) is 0 Å². The first kappa shape index (κ1) is 7.05. The van der Waals surface area contributed by atoms with Crippen molar-refractivity contribution in [1.29, 1.82) is 0 Å². The Balaban J connectivity index is 2.31. The van der Waals surface area contributed by atoms with Gasteiger partial charge in [-0.05, 0) is 5.92 Å². The van der Waals surface area contributed by atoms with Gasteiger partial charge in [-0.1, -0.05) is 0 Å². The van der Waals surface area contributed by atoms with Crippen LogP contribution in [0.2, 0.25) is 0 Å². The highest BCUT2D eigenvalue weighted by molar-refractivity contribution is 5.79. The Morgan fingerprint density at radius 1 is 1.80 bits per heavy atom. The van der Waals surface area contributed by atoms with Crippen LogP contribution in [-0.2, 0) is 9.59 Å². The average Bonchev–Trinajstić information content (AvgIpc) is 2.13. The highest BCUT2D eigenvalue weighted by Crippen LogP contribution is 2.12. The molecule has 0 aromatic heterocycles. The van der Waals surface area contributed by atoms with Gasteiger partial charge in [0.05, 0.1) is 6.42 Å². The van der Waals surface area contributed by atoms with Crippen LogP contribution >= 0.6 is 0 Å². The molecule has 56 valence electrons. The van der Waals surface area contributed by atoms with Gasteiger partial charge in [-0.3, -0.25) is 9.59 Å². The molecular formula is C6H9NO3. The van der Waals surface area contributed by atoms with Crippen molar-refractivity contribution < 1.29 is 14.7 Å². The predicted molar refractivity (Wildman–Crippen MR) is 33.4 cm³/mol. The van der Waals surface area contributed by atoms with Gasteiger partial charge >= 0.3 is 5.97 Å². The standard InChI is InChI=1S/C6H9NO3/c8-5-1-4(3-7-5)2-6(9)10/h4H,1-3H2,(H,7,8)(H,9,10)/t4-/m1/s1. The second-order valence-corrected chi connectivity index (χ2v) is 2.47. The predicted octanol–water partition coefficient (Wildman–Crippen LogP) is -0.403. The lowest BCUT2D eigenvalue weighted by molar-refractivity contribution is -0.137. The topological polar surface area (TPSA) is 66.4 Å². The molecule has 4 nitrogen and oxygen atoms in total. The van der Waals surface area contributed by atoms with Gasteiger partial charge in [-0.15, -0.1) is 0 Å². The number of carboxylic acid groups (broad SMARTS) is 1. The molecule has 0 bridgehead atoms. The third kappa shape index (κ3) is 1.72. The van der Waals surface area contributed by atoms with Crippen LogP contribution in [0.25, 0.3) is 0 Å². The molecule has 4 heteroatoms. The Hall–Kier alpha value is -1.06. The third-order valence-electron chi connectivity index (χ3n) is 1.53. The van der Waals surface area contributed by atoms with Crippen LogP contribution in [0.4, 0.5) is 0 Å². The van der Waals surface area contributed by atoms with Crippen LogP contribution in [0.3, 0.4) is 0 Å². The summed E-state index contributed by atoms with van der Waals surface area (Å²) in [4.78, 5) is 20.7. The number of carboxylic acids is 1. The summed E-state index contributed by atoms with van der Waals surface area (Å²) in [6.45, 7) is 0.519. The summed E-state index contributed by atoms with van der Waals surface area (Å²) in [7, 11) is 0. The molecular weight excluding hydrogens is 134 g/mol. The van der Waals surface area contributed by atoms with Crippen molar-refractivity contribution in [1.82, 2.24) is 5.32 Å². The van der Waals surface area contributed by atoms with E-state index >= 15 is 0 Å². The van der Waals surface area contributed by atoms with Gasteiger partial charge in [0.2, 0.25) is 5.91 Å². The van der Waals surface area contributed by atoms with Crippen LogP contribution in [-0.4, -0.2) is 23.5 Å². The molecule has 0 saturated carbocycles. The van der Waals surface area contributed by atoms with Gasteiger partial charge in [0, 0.05) is 13.0 Å². The lowest BCUT2D eigenvalue weighted by atomic mass is 10.1. The molecule has 1 aliphatic rings. The van der Waals surface area contributed by atoms with Crippen LogP contribution in [0, 0.1) is 5.92 Å². The summed E-state index contributed by atoms with van der Waals surface area (Å²) in [5.41, 5.74) is 0. The fraction of sp³-hybridized carbons (Fsp3) is 0.667. The van der Waals surface area contributed by atoms with Gasteiger partial charge in [-0.25, -0.2) is 0 Å². The Labute approximate surface area is 58.2 Å². The van der Waals surface area contributed by atoms with Gasteiger partial charge < -0.3 is 10.4 Å². The lowest BCUT2D eigenvalue weighted by Gasteiger charge is -1.99. The zero-order valence-corrected chi connectivity index (χ0v) is 5.46. The van der Waals surface area contributed by atoms with Crippen LogP contribution in [0.15, 0.2) is 0 Å². The highest BCUT2D eigenvalue weighted by Gasteiger charge is 2.23. The molecule has 10 heavy (non-hydrogen) atoms. The number of carbonyl (C=O) groups excluding carboxylic acids is 1. The van der Waals surface area contributed by atoms with E-state index in [2.05, 4.69) is 5.32 Å². The molecule has 2 N–H and O–H groups in total. The van der Waals surface area contributed by atoms with Crippen LogP contribution < -0.4 is 5.32 Å². The van der Waals surface area contributed by atoms with E-state index in [1.54, 1.807) is 0 Å². The molecule has 1 saturated heterocycles. The van der Waals surface area contributed by atoms with Crippen molar-refractivity contribution in [2.45, 2.75) is 12.8 Å². The number of carbonyl (C=O) groups is 2. The van der Waals surface area contributed by atoms with E-state index in [1.165, 1.54) is 0 Å². The van der Waals surface area contributed by atoms with Gasteiger partial charge in [0.1, 0.15) is 0 Å². The summed E-state index contributed by atoms with van der Waals surface area (Å²) in [6, 6.07) is 0. The minimum Gasteiger partial charge on any atom is -0.481 e. The quantitative estimate of drug-likeness (QED) is 0.552. The fourth-order valence-corrected chi connectivity index (χ4v) is 1.06. The molecule has 0 aliphatic carbocycles. The molecule has 1 atom stereocenters. The van der Waals surface area contributed by atoms with Crippen molar-refractivity contribution in [2.24, 2.45) is 5.92 Å². The first-order chi connectivity index (χ1) is 4.68. The van der Waals surface area contributed by atoms with E-state index in [-0.39, 0.29) is 18.2 Å². The summed E-state index contributed by atoms with van der Waals surface area (Å²) in [6.07, 6.45) is 0.463. The molecule has 0 aromatic rings. The number of rotatable bonds is 2. The van der Waals surface area contributed by atoms with E-state index in [4.69, 9.17) is 5.11 Å². The van der Waals surface area contributed by atoms with E-state index in [9.17, 15) is 9.59 Å². The molecule has 0 aromatic carbocycles. The molecule has 0 radical (unpaired) electrons. The van der Waals surface area contributed by atoms with Crippen molar-refractivity contribution in [3.8, 4) is 0 Å². The Bertz CT molecular complexity index is 166. The molecule has 1 amide bonds. The monoisotopic (exact) mass is 143 g/mol. The van der Waals surface area contributed by atoms with Gasteiger partial charge in [-0.2, -0.15) is 0 Å². The summed E-state index contributed by atoms with van der Waals surface area (Å²) >= 11 is 0. The first-order valence-corrected chi connectivity index (χ1v) is 3.17. The third-order valence-corrected chi connectivity index (χ3v) is 1.53. The zero-order valence-electron chi connectivity index (χ0n) is 5.46. The molecule has 1 aliphatic heterocycles. The number of hydrogen-bond acceptors (Lipinski definition) is 2. The SMILES string of the molecule is O=C(O)C[C@@H]1CNC(=O)C1. The van der Waals surface area contributed by atoms with Crippen molar-refractivity contribution >= 4 is 11.9 Å². The van der Waals surface area contributed by atoms with Crippen LogP contribution in [0.5, 0.6) is 0 Å². The molecule has 0 spiro atoms. The Morgan fingerprint density at radius 2 is 2.50 bits per heavy atom. The van der Waals surface area contributed by atoms with Gasteiger partial charge in [0.25, 0.3) is 0 Å². The lowest BCUT2D eigenvalue weighted by Crippen LogP contribution is -2.14. The van der Waals surface area contributed by atoms with Crippen molar-refractivity contribution in [3.63, 3.8) is 0 Å². The Morgan fingerprint density at radius 3 is 2.90 bits per heavy atom. The number of amides is 1. The van der Waals surface area contributed by atoms with E-state index in [0.717, 1.165) is 0 Å². The summed E-state index contributed by atoms with van der Waals surface area (Å²) in [5.74, 6) is -0.863. The number of hydrogen-bond donors (Lipinski definition) is 2. The zero-order chi connectivity index (χ0) is 7.56. The maximum absolute atomic E-state index is 10.5. The highest BCUT2D eigenvalue weighted by atomic mass is 16.4. The average molecular weight is 143 g/mol. The Kier molecular flexibility index (Phi) is 1.89. The molecule has 1 heterocycles. The minimum atomic E-state index is -0.832. The molecule has 0 unspecified atom stereocenters. The van der Waals surface area contributed by atoms with E-state index in [0.29, 0.717) is 13.0 Å². The van der Waals surface area contributed by atoms with E-state index in [1.807, 2.05) is 0 Å². The largest absolute Gasteiger partial charge is 0.481 e. The second-order valence-electron chi connectivity index (χ2n) is 2.47. The van der Waals surface area contributed by atoms with Crippen molar-refractivity contribution in [3.05, 3.63) is 0 Å².